The van der Waals surface area contributed by atoms with Crippen molar-refractivity contribution in [3.8, 4) is 0 Å². The number of carbonyl (C=O) groups excluding carboxylic acids is 1. The lowest BCUT2D eigenvalue weighted by Crippen LogP contribution is -2.47. The van der Waals surface area contributed by atoms with Gasteiger partial charge in [0.05, 0.1) is 6.61 Å². The van der Waals surface area contributed by atoms with Crippen LogP contribution in [0.2, 0.25) is 0 Å². The number of carbonyl (C=O) groups is 1. The van der Waals surface area contributed by atoms with Crippen molar-refractivity contribution in [3.63, 3.8) is 0 Å². The first-order chi connectivity index (χ1) is 8.25. The van der Waals surface area contributed by atoms with E-state index < -0.39 is 0 Å². The van der Waals surface area contributed by atoms with Gasteiger partial charge < -0.3 is 19.9 Å². The smallest absolute Gasteiger partial charge is 0.409 e. The third-order valence-electron chi connectivity index (χ3n) is 3.66. The summed E-state index contributed by atoms with van der Waals surface area (Å²) in [4.78, 5) is 15.9. The van der Waals surface area contributed by atoms with Crippen molar-refractivity contribution in [2.75, 3.05) is 52.9 Å². The van der Waals surface area contributed by atoms with E-state index in [1.807, 2.05) is 4.90 Å². The average Bonchev–Trinajstić information content (AvgIpc) is 2.38. The van der Waals surface area contributed by atoms with Crippen molar-refractivity contribution in [3.05, 3.63) is 0 Å². The number of ether oxygens (including phenoxy) is 1. The van der Waals surface area contributed by atoms with Gasteiger partial charge in [-0.3, -0.25) is 0 Å². The van der Waals surface area contributed by atoms with Crippen molar-refractivity contribution in [2.45, 2.75) is 12.8 Å². The van der Waals surface area contributed by atoms with Crippen molar-refractivity contribution >= 4 is 30.9 Å². The standard InChI is InChI=1S/C12H23N3O2.2ClH/c1-14-6-8-15(9-7-14)12(16)17-10-11-2-4-13-5-3-11;;/h11,13H,2-10H2,1H3;2*1H. The van der Waals surface area contributed by atoms with E-state index in [-0.39, 0.29) is 30.9 Å². The number of rotatable bonds is 2. The van der Waals surface area contributed by atoms with Crippen LogP contribution in [0.4, 0.5) is 4.79 Å². The molecule has 0 spiro atoms. The Morgan fingerprint density at radius 3 is 2.32 bits per heavy atom. The number of nitrogens with one attached hydrogen (secondary N) is 1. The second-order valence-electron chi connectivity index (χ2n) is 5.06. The average molecular weight is 314 g/mol. The number of nitrogens with zero attached hydrogens (tertiary/aromatic N) is 2. The second-order valence-corrected chi connectivity index (χ2v) is 5.06. The van der Waals surface area contributed by atoms with Crippen molar-refractivity contribution < 1.29 is 9.53 Å². The van der Waals surface area contributed by atoms with E-state index >= 15 is 0 Å². The molecule has 0 saturated carbocycles. The van der Waals surface area contributed by atoms with E-state index in [1.165, 1.54) is 0 Å². The Hall–Kier alpha value is -0.230. The summed E-state index contributed by atoms with van der Waals surface area (Å²) in [5, 5.41) is 3.31. The summed E-state index contributed by atoms with van der Waals surface area (Å²) in [6.45, 7) is 6.17. The first-order valence-corrected chi connectivity index (χ1v) is 6.56. The molecule has 7 heteroatoms. The van der Waals surface area contributed by atoms with E-state index in [9.17, 15) is 4.79 Å². The Bertz CT molecular complexity index is 255. The molecule has 1 N–H and O–H groups in total. The fourth-order valence-electron chi connectivity index (χ4n) is 2.32. The lowest BCUT2D eigenvalue weighted by atomic mass is 9.99. The summed E-state index contributed by atoms with van der Waals surface area (Å²) in [5.74, 6) is 0.549. The summed E-state index contributed by atoms with van der Waals surface area (Å²) < 4.78 is 5.40. The minimum atomic E-state index is -0.128. The normalized spacial score (nSPS) is 21.2. The monoisotopic (exact) mass is 313 g/mol. The molecule has 114 valence electrons. The van der Waals surface area contributed by atoms with Crippen LogP contribution >= 0.6 is 24.8 Å². The van der Waals surface area contributed by atoms with Gasteiger partial charge >= 0.3 is 6.09 Å². The molecule has 0 aromatic heterocycles. The summed E-state index contributed by atoms with van der Waals surface area (Å²) >= 11 is 0. The third-order valence-corrected chi connectivity index (χ3v) is 3.66. The largest absolute Gasteiger partial charge is 0.449 e. The molecule has 5 nitrogen and oxygen atoms in total. The van der Waals surface area contributed by atoms with Crippen LogP contribution < -0.4 is 5.32 Å². The van der Waals surface area contributed by atoms with Gasteiger partial charge in [0, 0.05) is 26.2 Å². The number of piperidine rings is 1. The molecule has 0 atom stereocenters. The summed E-state index contributed by atoms with van der Waals surface area (Å²) in [5.41, 5.74) is 0. The van der Waals surface area contributed by atoms with Gasteiger partial charge in [0.25, 0.3) is 0 Å². The highest BCUT2D eigenvalue weighted by Crippen LogP contribution is 2.12. The summed E-state index contributed by atoms with van der Waals surface area (Å²) in [7, 11) is 2.08. The van der Waals surface area contributed by atoms with Crippen LogP contribution in [-0.2, 0) is 4.74 Å². The predicted molar refractivity (Wildman–Crippen MR) is 80.5 cm³/mol. The molecule has 19 heavy (non-hydrogen) atoms. The van der Waals surface area contributed by atoms with Crippen LogP contribution in [0.5, 0.6) is 0 Å². The fraction of sp³-hybridized carbons (Fsp3) is 0.917. The molecule has 0 aliphatic carbocycles. The van der Waals surface area contributed by atoms with Crippen LogP contribution in [0, 0.1) is 5.92 Å². The zero-order valence-electron chi connectivity index (χ0n) is 11.5. The number of amides is 1. The molecule has 0 bridgehead atoms. The molecule has 2 saturated heterocycles. The van der Waals surface area contributed by atoms with Gasteiger partial charge in [-0.05, 0) is 38.9 Å². The summed E-state index contributed by atoms with van der Waals surface area (Å²) in [6, 6.07) is 0. The van der Waals surface area contributed by atoms with Gasteiger partial charge in [-0.25, -0.2) is 4.79 Å². The molecule has 2 aliphatic rings. The molecule has 2 rings (SSSR count). The van der Waals surface area contributed by atoms with Crippen LogP contribution in [0.1, 0.15) is 12.8 Å². The molecule has 1 amide bonds. The van der Waals surface area contributed by atoms with Crippen molar-refractivity contribution in [1.29, 1.82) is 0 Å². The zero-order chi connectivity index (χ0) is 12.1. The molecule has 0 aromatic rings. The van der Waals surface area contributed by atoms with Crippen LogP contribution in [-0.4, -0.2) is 68.8 Å². The van der Waals surface area contributed by atoms with Crippen LogP contribution in [0.3, 0.4) is 0 Å². The van der Waals surface area contributed by atoms with Gasteiger partial charge in [0.1, 0.15) is 0 Å². The van der Waals surface area contributed by atoms with Crippen molar-refractivity contribution in [1.82, 2.24) is 15.1 Å². The van der Waals surface area contributed by atoms with E-state index in [0.717, 1.165) is 52.1 Å². The molecule has 2 fully saturated rings. The lowest BCUT2D eigenvalue weighted by molar-refractivity contribution is 0.0661. The molecular formula is C12H25Cl2N3O2. The third kappa shape index (κ3) is 6.17. The maximum Gasteiger partial charge on any atom is 0.409 e. The van der Waals surface area contributed by atoms with Crippen LogP contribution in [0.25, 0.3) is 0 Å². The van der Waals surface area contributed by atoms with Gasteiger partial charge in [-0.1, -0.05) is 0 Å². The Morgan fingerprint density at radius 1 is 1.16 bits per heavy atom. The highest BCUT2D eigenvalue weighted by Gasteiger charge is 2.21. The predicted octanol–water partition coefficient (Wildman–Crippen LogP) is 1.21. The Labute approximate surface area is 127 Å². The highest BCUT2D eigenvalue weighted by molar-refractivity contribution is 5.85. The first kappa shape index (κ1) is 18.8. The Kier molecular flexibility index (Phi) is 9.52. The maximum atomic E-state index is 11.8. The van der Waals surface area contributed by atoms with Crippen molar-refractivity contribution in [2.24, 2.45) is 5.92 Å². The van der Waals surface area contributed by atoms with E-state index in [4.69, 9.17) is 4.74 Å². The summed E-state index contributed by atoms with van der Waals surface area (Å²) in [6.07, 6.45) is 2.11. The SMILES string of the molecule is CN1CCN(C(=O)OCC2CCNCC2)CC1.Cl.Cl. The fourth-order valence-corrected chi connectivity index (χ4v) is 2.32. The number of piperazine rings is 1. The van der Waals surface area contributed by atoms with Crippen LogP contribution in [0.15, 0.2) is 0 Å². The first-order valence-electron chi connectivity index (χ1n) is 6.56. The van der Waals surface area contributed by atoms with Gasteiger partial charge in [0.15, 0.2) is 0 Å². The lowest BCUT2D eigenvalue weighted by Gasteiger charge is -2.32. The Morgan fingerprint density at radius 2 is 1.74 bits per heavy atom. The number of hydrogen-bond acceptors (Lipinski definition) is 4. The van der Waals surface area contributed by atoms with E-state index in [0.29, 0.717) is 12.5 Å². The molecule has 0 unspecified atom stereocenters. The number of halogens is 2. The van der Waals surface area contributed by atoms with Gasteiger partial charge in [0.2, 0.25) is 0 Å². The minimum absolute atomic E-state index is 0. The topological polar surface area (TPSA) is 44.8 Å². The Balaban J connectivity index is 0.00000162. The minimum Gasteiger partial charge on any atom is -0.449 e. The zero-order valence-corrected chi connectivity index (χ0v) is 13.1. The quantitative estimate of drug-likeness (QED) is 0.832. The molecular weight excluding hydrogens is 289 g/mol. The van der Waals surface area contributed by atoms with E-state index in [2.05, 4.69) is 17.3 Å². The molecule has 2 heterocycles. The molecule has 0 radical (unpaired) electrons. The van der Waals surface area contributed by atoms with Gasteiger partial charge in [-0.15, -0.1) is 24.8 Å². The maximum absolute atomic E-state index is 11.8. The molecule has 2 aliphatic heterocycles. The molecule has 0 aromatic carbocycles. The number of likely N-dealkylation sites (N-methyl/N-ethyl adjacent to an activating group) is 1. The van der Waals surface area contributed by atoms with Gasteiger partial charge in [-0.2, -0.15) is 0 Å². The van der Waals surface area contributed by atoms with E-state index in [1.54, 1.807) is 0 Å². The highest BCUT2D eigenvalue weighted by atomic mass is 35.5. The second kappa shape index (κ2) is 9.64. The number of hydrogen-bond donors (Lipinski definition) is 1.